The highest BCUT2D eigenvalue weighted by atomic mass is 32.2. The zero-order valence-corrected chi connectivity index (χ0v) is 19.2. The zero-order chi connectivity index (χ0) is 21.7. The second kappa shape index (κ2) is 9.85. The maximum atomic E-state index is 13.1. The average Bonchev–Trinajstić information content (AvgIpc) is 2.75. The molecule has 0 bridgehead atoms. The van der Waals surface area contributed by atoms with E-state index in [0.717, 1.165) is 24.2 Å². The van der Waals surface area contributed by atoms with Gasteiger partial charge in [-0.3, -0.25) is 4.79 Å². The molecule has 0 atom stereocenters. The number of thioether (sulfide) groups is 1. The van der Waals surface area contributed by atoms with E-state index in [1.54, 1.807) is 24.3 Å². The molecule has 30 heavy (non-hydrogen) atoms. The molecule has 1 amide bonds. The number of nitrogens with zero attached hydrogens (tertiary/aromatic N) is 1. The molecule has 2 aromatic rings. The first kappa shape index (κ1) is 22.7. The minimum Gasteiger partial charge on any atom is -0.489 e. The van der Waals surface area contributed by atoms with Gasteiger partial charge in [-0.05, 0) is 63.3 Å². The number of carbonyl (C=O) groups excluding carboxylic acids is 1. The Kier molecular flexibility index (Phi) is 7.44. The number of nitrogens with one attached hydrogen (secondary N) is 1. The van der Waals surface area contributed by atoms with Gasteiger partial charge in [0.15, 0.2) is 0 Å². The quantitative estimate of drug-likeness (QED) is 0.626. The summed E-state index contributed by atoms with van der Waals surface area (Å²) < 4.78 is 33.5. The molecule has 0 aliphatic carbocycles. The molecule has 1 aliphatic heterocycles. The van der Waals surface area contributed by atoms with Crippen LogP contribution in [0, 0.1) is 0 Å². The number of sulfonamides is 1. The number of rotatable bonds is 7. The van der Waals surface area contributed by atoms with E-state index in [1.807, 2.05) is 32.2 Å². The molecule has 162 valence electrons. The summed E-state index contributed by atoms with van der Waals surface area (Å²) in [5.41, 5.74) is 0.882. The Morgan fingerprint density at radius 1 is 1.10 bits per heavy atom. The Morgan fingerprint density at radius 3 is 2.47 bits per heavy atom. The topological polar surface area (TPSA) is 75.7 Å². The third-order valence-electron chi connectivity index (χ3n) is 4.87. The van der Waals surface area contributed by atoms with Crippen LogP contribution >= 0.6 is 11.8 Å². The largest absolute Gasteiger partial charge is 0.489 e. The van der Waals surface area contributed by atoms with Crippen molar-refractivity contribution in [1.82, 2.24) is 4.31 Å². The Bertz CT molecular complexity index is 1000. The smallest absolute Gasteiger partial charge is 0.256 e. The number of anilines is 1. The van der Waals surface area contributed by atoms with Crippen LogP contribution < -0.4 is 10.1 Å². The highest BCUT2D eigenvalue weighted by Crippen LogP contribution is 2.32. The normalized spacial score (nSPS) is 15.2. The lowest BCUT2D eigenvalue weighted by atomic mass is 10.2. The van der Waals surface area contributed by atoms with Gasteiger partial charge < -0.3 is 10.1 Å². The maximum absolute atomic E-state index is 13.1. The van der Waals surface area contributed by atoms with Gasteiger partial charge in [0.2, 0.25) is 10.0 Å². The van der Waals surface area contributed by atoms with Crippen molar-refractivity contribution in [2.45, 2.75) is 49.0 Å². The number of amides is 1. The van der Waals surface area contributed by atoms with Crippen molar-refractivity contribution in [3.8, 4) is 5.75 Å². The minimum atomic E-state index is -3.62. The van der Waals surface area contributed by atoms with Gasteiger partial charge in [-0.2, -0.15) is 4.31 Å². The number of ether oxygens (including phenoxy) is 1. The standard InChI is InChI=1S/C22H28N2O4S2/c1-16(2)28-20-12-11-17(30(26,27)24-13-7-4-8-14-24)15-19(20)23-22(25)18-9-5-6-10-21(18)29-3/h5-6,9-12,15-16H,4,7-8,13-14H2,1-3H3,(H,23,25). The van der Waals surface area contributed by atoms with E-state index in [9.17, 15) is 13.2 Å². The zero-order valence-electron chi connectivity index (χ0n) is 17.6. The fourth-order valence-corrected chi connectivity index (χ4v) is 5.54. The molecule has 1 aliphatic rings. The third kappa shape index (κ3) is 5.17. The lowest BCUT2D eigenvalue weighted by molar-refractivity contribution is 0.102. The molecule has 2 aromatic carbocycles. The van der Waals surface area contributed by atoms with Gasteiger partial charge in [0, 0.05) is 18.0 Å². The van der Waals surface area contributed by atoms with Crippen molar-refractivity contribution >= 4 is 33.4 Å². The van der Waals surface area contributed by atoms with Gasteiger partial charge in [-0.15, -0.1) is 11.8 Å². The fraction of sp³-hybridized carbons (Fsp3) is 0.409. The summed E-state index contributed by atoms with van der Waals surface area (Å²) in [6.45, 7) is 4.81. The Hall–Kier alpha value is -2.03. The van der Waals surface area contributed by atoms with E-state index in [1.165, 1.54) is 22.1 Å². The van der Waals surface area contributed by atoms with E-state index in [-0.39, 0.29) is 16.9 Å². The SMILES string of the molecule is CSc1ccccc1C(=O)Nc1cc(S(=O)(=O)N2CCCCC2)ccc1OC(C)C. The summed E-state index contributed by atoms with van der Waals surface area (Å²) in [5, 5.41) is 2.86. The number of piperidine rings is 1. The van der Waals surface area contributed by atoms with Crippen molar-refractivity contribution in [3.05, 3.63) is 48.0 Å². The van der Waals surface area contributed by atoms with Crippen LogP contribution in [0.3, 0.4) is 0 Å². The summed E-state index contributed by atoms with van der Waals surface area (Å²) in [6, 6.07) is 12.0. The molecule has 0 spiro atoms. The Morgan fingerprint density at radius 2 is 1.80 bits per heavy atom. The van der Waals surface area contributed by atoms with E-state index in [4.69, 9.17) is 4.74 Å². The van der Waals surface area contributed by atoms with Gasteiger partial charge in [0.25, 0.3) is 5.91 Å². The van der Waals surface area contributed by atoms with E-state index >= 15 is 0 Å². The fourth-order valence-electron chi connectivity index (χ4n) is 3.40. The molecule has 1 N–H and O–H groups in total. The first-order valence-corrected chi connectivity index (χ1v) is 12.7. The van der Waals surface area contributed by atoms with E-state index < -0.39 is 10.0 Å². The van der Waals surface area contributed by atoms with Gasteiger partial charge in [-0.1, -0.05) is 18.6 Å². The Labute approximate surface area is 183 Å². The molecule has 1 heterocycles. The molecule has 1 fully saturated rings. The third-order valence-corrected chi connectivity index (χ3v) is 7.56. The van der Waals surface area contributed by atoms with Gasteiger partial charge in [0.05, 0.1) is 22.3 Å². The van der Waals surface area contributed by atoms with E-state index in [0.29, 0.717) is 30.1 Å². The molecule has 0 unspecified atom stereocenters. The number of hydrogen-bond donors (Lipinski definition) is 1. The maximum Gasteiger partial charge on any atom is 0.256 e. The van der Waals surface area contributed by atoms with Crippen molar-refractivity contribution < 1.29 is 17.9 Å². The minimum absolute atomic E-state index is 0.122. The van der Waals surface area contributed by atoms with Crippen LogP contribution in [0.5, 0.6) is 5.75 Å². The lowest BCUT2D eigenvalue weighted by Crippen LogP contribution is -2.35. The predicted octanol–water partition coefficient (Wildman–Crippen LogP) is 4.62. The second-order valence-corrected chi connectivity index (χ2v) is 10.2. The van der Waals surface area contributed by atoms with Crippen LogP contribution in [0.15, 0.2) is 52.3 Å². The molecule has 0 saturated carbocycles. The molecule has 3 rings (SSSR count). The van der Waals surface area contributed by atoms with Crippen molar-refractivity contribution in [2.75, 3.05) is 24.7 Å². The molecule has 6 nitrogen and oxygen atoms in total. The molecular weight excluding hydrogens is 420 g/mol. The summed E-state index contributed by atoms with van der Waals surface area (Å²) >= 11 is 1.48. The van der Waals surface area contributed by atoms with Crippen molar-refractivity contribution in [2.24, 2.45) is 0 Å². The number of carbonyl (C=O) groups is 1. The highest BCUT2D eigenvalue weighted by molar-refractivity contribution is 7.98. The second-order valence-electron chi connectivity index (χ2n) is 7.44. The van der Waals surface area contributed by atoms with Crippen LogP contribution in [-0.2, 0) is 10.0 Å². The molecule has 1 saturated heterocycles. The summed E-state index contributed by atoms with van der Waals surface area (Å²) in [4.78, 5) is 14.0. The molecular formula is C22H28N2O4S2. The van der Waals surface area contributed by atoms with Gasteiger partial charge in [0.1, 0.15) is 5.75 Å². The first-order valence-electron chi connectivity index (χ1n) is 10.1. The summed E-state index contributed by atoms with van der Waals surface area (Å²) in [5.74, 6) is 0.138. The van der Waals surface area contributed by atoms with Crippen molar-refractivity contribution in [1.29, 1.82) is 0 Å². The van der Waals surface area contributed by atoms with Crippen LogP contribution in [-0.4, -0.2) is 44.1 Å². The molecule has 0 aromatic heterocycles. The van der Waals surface area contributed by atoms with Crippen LogP contribution in [0.4, 0.5) is 5.69 Å². The predicted molar refractivity (Wildman–Crippen MR) is 121 cm³/mol. The Balaban J connectivity index is 1.96. The molecule has 0 radical (unpaired) electrons. The van der Waals surface area contributed by atoms with Crippen LogP contribution in [0.1, 0.15) is 43.5 Å². The lowest BCUT2D eigenvalue weighted by Gasteiger charge is -2.26. The summed E-state index contributed by atoms with van der Waals surface area (Å²) in [7, 11) is -3.62. The van der Waals surface area contributed by atoms with Crippen molar-refractivity contribution in [3.63, 3.8) is 0 Å². The number of hydrogen-bond acceptors (Lipinski definition) is 5. The summed E-state index contributed by atoms with van der Waals surface area (Å²) in [6.07, 6.45) is 4.56. The number of benzene rings is 2. The van der Waals surface area contributed by atoms with Gasteiger partial charge in [-0.25, -0.2) is 8.42 Å². The average molecular weight is 449 g/mol. The van der Waals surface area contributed by atoms with Crippen LogP contribution in [0.2, 0.25) is 0 Å². The highest BCUT2D eigenvalue weighted by Gasteiger charge is 2.27. The van der Waals surface area contributed by atoms with Gasteiger partial charge >= 0.3 is 0 Å². The van der Waals surface area contributed by atoms with Crippen LogP contribution in [0.25, 0.3) is 0 Å². The molecule has 8 heteroatoms. The van der Waals surface area contributed by atoms with E-state index in [2.05, 4.69) is 5.32 Å². The monoisotopic (exact) mass is 448 g/mol. The first-order chi connectivity index (χ1) is 14.3.